The monoisotopic (exact) mass is 197 g/mol. The Balaban J connectivity index is 2.95. The molecule has 0 N–H and O–H groups in total. The van der Waals surface area contributed by atoms with E-state index in [4.69, 9.17) is 10.00 Å². The largest absolute Gasteiger partial charge is 0.359 e. The molecule has 0 aromatic heterocycles. The van der Waals surface area contributed by atoms with Crippen molar-refractivity contribution in [1.29, 1.82) is 5.26 Å². The third-order valence-electron chi connectivity index (χ3n) is 1.70. The first kappa shape index (κ1) is 10.6. The highest BCUT2D eigenvalue weighted by molar-refractivity contribution is 5.23. The summed E-state index contributed by atoms with van der Waals surface area (Å²) in [6.45, 7) is 2.07. The van der Waals surface area contributed by atoms with Crippen molar-refractivity contribution in [3.63, 3.8) is 0 Å². The van der Waals surface area contributed by atoms with Crippen molar-refractivity contribution in [2.45, 2.75) is 13.0 Å². The molecule has 1 unspecified atom stereocenters. The molecule has 0 amide bonds. The standard InChI is InChI=1S/C10H9F2NO/c1-2-14-10(6-13)7-3-4-8(11)9(12)5-7/h3-5,10H,2H2,1H3. The Kier molecular flexibility index (Phi) is 3.55. The van der Waals surface area contributed by atoms with Crippen molar-refractivity contribution in [1.82, 2.24) is 0 Å². The second-order valence-electron chi connectivity index (χ2n) is 2.64. The zero-order valence-corrected chi connectivity index (χ0v) is 7.63. The van der Waals surface area contributed by atoms with E-state index in [2.05, 4.69) is 0 Å². The van der Waals surface area contributed by atoms with E-state index in [1.54, 1.807) is 6.92 Å². The van der Waals surface area contributed by atoms with Gasteiger partial charge in [-0.1, -0.05) is 6.07 Å². The fourth-order valence-corrected chi connectivity index (χ4v) is 1.05. The molecule has 0 spiro atoms. The van der Waals surface area contributed by atoms with Gasteiger partial charge in [0.15, 0.2) is 17.7 Å². The highest BCUT2D eigenvalue weighted by Crippen LogP contribution is 2.18. The summed E-state index contributed by atoms with van der Waals surface area (Å²) in [4.78, 5) is 0. The van der Waals surface area contributed by atoms with Crippen LogP contribution in [0.5, 0.6) is 0 Å². The number of nitrogens with zero attached hydrogens (tertiary/aromatic N) is 1. The van der Waals surface area contributed by atoms with Gasteiger partial charge in [-0.3, -0.25) is 0 Å². The average Bonchev–Trinajstić information content (AvgIpc) is 2.19. The van der Waals surface area contributed by atoms with Crippen LogP contribution in [0.25, 0.3) is 0 Å². The Morgan fingerprint density at radius 3 is 2.64 bits per heavy atom. The zero-order valence-electron chi connectivity index (χ0n) is 7.63. The van der Waals surface area contributed by atoms with E-state index in [9.17, 15) is 8.78 Å². The van der Waals surface area contributed by atoms with Crippen molar-refractivity contribution in [2.75, 3.05) is 6.61 Å². The van der Waals surface area contributed by atoms with Gasteiger partial charge in [-0.25, -0.2) is 8.78 Å². The average molecular weight is 197 g/mol. The molecule has 4 heteroatoms. The molecule has 0 aliphatic rings. The maximum Gasteiger partial charge on any atom is 0.169 e. The van der Waals surface area contributed by atoms with Crippen LogP contribution < -0.4 is 0 Å². The third kappa shape index (κ3) is 2.27. The van der Waals surface area contributed by atoms with Crippen LogP contribution in [0.4, 0.5) is 8.78 Å². The normalized spacial score (nSPS) is 12.1. The number of halogens is 2. The Morgan fingerprint density at radius 2 is 2.14 bits per heavy atom. The lowest BCUT2D eigenvalue weighted by molar-refractivity contribution is 0.102. The minimum atomic E-state index is -0.970. The van der Waals surface area contributed by atoms with Crippen LogP contribution in [-0.4, -0.2) is 6.61 Å². The topological polar surface area (TPSA) is 33.0 Å². The molecule has 1 aromatic rings. The molecule has 0 radical (unpaired) electrons. The summed E-state index contributed by atoms with van der Waals surface area (Å²) in [6.07, 6.45) is -0.838. The quantitative estimate of drug-likeness (QED) is 0.746. The molecule has 74 valence electrons. The molecule has 0 fully saturated rings. The number of rotatable bonds is 3. The smallest absolute Gasteiger partial charge is 0.169 e. The van der Waals surface area contributed by atoms with E-state index in [0.29, 0.717) is 12.2 Å². The molecular weight excluding hydrogens is 188 g/mol. The van der Waals surface area contributed by atoms with Gasteiger partial charge in [0, 0.05) is 6.61 Å². The van der Waals surface area contributed by atoms with Gasteiger partial charge >= 0.3 is 0 Å². The maximum absolute atomic E-state index is 12.8. The van der Waals surface area contributed by atoms with Gasteiger partial charge < -0.3 is 4.74 Å². The summed E-state index contributed by atoms with van der Waals surface area (Å²) in [7, 11) is 0. The van der Waals surface area contributed by atoms with E-state index in [0.717, 1.165) is 12.1 Å². The molecule has 2 nitrogen and oxygen atoms in total. The number of ether oxygens (including phenoxy) is 1. The summed E-state index contributed by atoms with van der Waals surface area (Å²) in [6, 6.07) is 5.14. The van der Waals surface area contributed by atoms with Crippen LogP contribution in [0.15, 0.2) is 18.2 Å². The van der Waals surface area contributed by atoms with Crippen LogP contribution in [0.2, 0.25) is 0 Å². The predicted molar refractivity (Wildman–Crippen MR) is 46.3 cm³/mol. The van der Waals surface area contributed by atoms with E-state index in [1.165, 1.54) is 6.07 Å². The molecule has 1 atom stereocenters. The first-order chi connectivity index (χ1) is 6.69. The van der Waals surface area contributed by atoms with Gasteiger partial charge in [0.2, 0.25) is 0 Å². The number of hydrogen-bond donors (Lipinski definition) is 0. The van der Waals surface area contributed by atoms with Crippen LogP contribution >= 0.6 is 0 Å². The summed E-state index contributed by atoms with van der Waals surface area (Å²) >= 11 is 0. The maximum atomic E-state index is 12.8. The van der Waals surface area contributed by atoms with Gasteiger partial charge in [-0.15, -0.1) is 0 Å². The van der Waals surface area contributed by atoms with Gasteiger partial charge in [0.1, 0.15) is 0 Å². The van der Waals surface area contributed by atoms with Crippen molar-refractivity contribution in [2.24, 2.45) is 0 Å². The van der Waals surface area contributed by atoms with Crippen LogP contribution in [0, 0.1) is 23.0 Å². The van der Waals surface area contributed by atoms with Crippen LogP contribution in [0.3, 0.4) is 0 Å². The molecule has 1 rings (SSSR count). The molecule has 0 saturated heterocycles. The van der Waals surface area contributed by atoms with Gasteiger partial charge in [0.25, 0.3) is 0 Å². The van der Waals surface area contributed by atoms with E-state index >= 15 is 0 Å². The molecule has 1 aromatic carbocycles. The first-order valence-corrected chi connectivity index (χ1v) is 4.15. The fraction of sp³-hybridized carbons (Fsp3) is 0.300. The summed E-state index contributed by atoms with van der Waals surface area (Å²) in [5.74, 6) is -1.90. The molecule has 14 heavy (non-hydrogen) atoms. The van der Waals surface area contributed by atoms with Crippen molar-refractivity contribution >= 4 is 0 Å². The van der Waals surface area contributed by atoms with Crippen LogP contribution in [-0.2, 0) is 4.74 Å². The number of hydrogen-bond acceptors (Lipinski definition) is 2. The van der Waals surface area contributed by atoms with Crippen molar-refractivity contribution in [3.05, 3.63) is 35.4 Å². The highest BCUT2D eigenvalue weighted by Gasteiger charge is 2.12. The lowest BCUT2D eigenvalue weighted by Crippen LogP contribution is -2.02. The number of nitriles is 1. The molecule has 0 aliphatic heterocycles. The third-order valence-corrected chi connectivity index (χ3v) is 1.70. The Labute approximate surface area is 80.7 Å². The Bertz CT molecular complexity index is 360. The fourth-order valence-electron chi connectivity index (χ4n) is 1.05. The first-order valence-electron chi connectivity index (χ1n) is 4.15. The molecule has 0 saturated carbocycles. The predicted octanol–water partition coefficient (Wildman–Crippen LogP) is 2.57. The van der Waals surface area contributed by atoms with E-state index in [1.807, 2.05) is 6.07 Å². The Morgan fingerprint density at radius 1 is 1.43 bits per heavy atom. The van der Waals surface area contributed by atoms with E-state index < -0.39 is 17.7 Å². The summed E-state index contributed by atoms with van der Waals surface area (Å²) < 4.78 is 30.4. The van der Waals surface area contributed by atoms with Gasteiger partial charge in [-0.05, 0) is 24.6 Å². The lowest BCUT2D eigenvalue weighted by atomic mass is 10.1. The summed E-state index contributed by atoms with van der Waals surface area (Å²) in [5, 5.41) is 8.68. The second-order valence-corrected chi connectivity index (χ2v) is 2.64. The van der Waals surface area contributed by atoms with Crippen molar-refractivity contribution < 1.29 is 13.5 Å². The zero-order chi connectivity index (χ0) is 10.6. The van der Waals surface area contributed by atoms with Gasteiger partial charge in [-0.2, -0.15) is 5.26 Å². The SMILES string of the molecule is CCOC(C#N)c1ccc(F)c(F)c1. The molecule has 0 aliphatic carbocycles. The Hall–Kier alpha value is -1.47. The van der Waals surface area contributed by atoms with Gasteiger partial charge in [0.05, 0.1) is 6.07 Å². The van der Waals surface area contributed by atoms with Crippen LogP contribution in [0.1, 0.15) is 18.6 Å². The lowest BCUT2D eigenvalue weighted by Gasteiger charge is -2.08. The minimum Gasteiger partial charge on any atom is -0.359 e. The highest BCUT2D eigenvalue weighted by atomic mass is 19.2. The summed E-state index contributed by atoms with van der Waals surface area (Å²) in [5.41, 5.74) is 0.327. The molecule has 0 heterocycles. The minimum absolute atomic E-state index is 0.327. The molecule has 0 bridgehead atoms. The molecular formula is C10H9F2NO. The van der Waals surface area contributed by atoms with E-state index in [-0.39, 0.29) is 0 Å². The van der Waals surface area contributed by atoms with Crippen molar-refractivity contribution in [3.8, 4) is 6.07 Å². The second kappa shape index (κ2) is 4.68. The number of benzene rings is 1.